The molecule has 1 aliphatic rings. The number of ether oxygens (including phenoxy) is 1. The van der Waals surface area contributed by atoms with Crippen LogP contribution in [0.4, 0.5) is 0 Å². The smallest absolute Gasteiger partial charge is 0.256 e. The summed E-state index contributed by atoms with van der Waals surface area (Å²) in [6.45, 7) is 4.37. The van der Waals surface area contributed by atoms with Gasteiger partial charge >= 0.3 is 0 Å². The molecule has 1 fully saturated rings. The molecule has 4 N–H and O–H groups in total. The fraction of sp³-hybridized carbons (Fsp3) is 0.385. The van der Waals surface area contributed by atoms with E-state index in [1.807, 2.05) is 12.1 Å². The van der Waals surface area contributed by atoms with Crippen molar-refractivity contribution in [3.63, 3.8) is 0 Å². The van der Waals surface area contributed by atoms with E-state index in [1.54, 1.807) is 45.0 Å². The van der Waals surface area contributed by atoms with E-state index in [0.29, 0.717) is 5.56 Å². The van der Waals surface area contributed by atoms with E-state index in [2.05, 4.69) is 10.6 Å². The summed E-state index contributed by atoms with van der Waals surface area (Å²) >= 11 is 0. The van der Waals surface area contributed by atoms with E-state index >= 15 is 0 Å². The minimum absolute atomic E-state index is 0.0541. The number of nitriles is 1. The molecule has 36 heavy (non-hydrogen) atoms. The molecule has 1 saturated heterocycles. The van der Waals surface area contributed by atoms with Crippen LogP contribution in [0.3, 0.4) is 0 Å². The van der Waals surface area contributed by atoms with Gasteiger partial charge in [0.25, 0.3) is 11.8 Å². The topological polar surface area (TPSA) is 152 Å². The number of aromatic hydroxyl groups is 1. The van der Waals surface area contributed by atoms with Crippen LogP contribution in [0.2, 0.25) is 0 Å². The summed E-state index contributed by atoms with van der Waals surface area (Å²) in [4.78, 5) is 40.4. The first-order valence-electron chi connectivity index (χ1n) is 11.5. The first-order chi connectivity index (χ1) is 17.1. The molecule has 10 nitrogen and oxygen atoms in total. The van der Waals surface area contributed by atoms with Crippen LogP contribution in [0.5, 0.6) is 5.75 Å². The molecule has 3 amide bonds. The van der Waals surface area contributed by atoms with Crippen molar-refractivity contribution >= 4 is 17.7 Å². The number of carbonyl (C=O) groups is 3. The van der Waals surface area contributed by atoms with Gasteiger partial charge in [0.15, 0.2) is 6.10 Å². The molecule has 0 unspecified atom stereocenters. The zero-order valence-electron chi connectivity index (χ0n) is 20.4. The lowest BCUT2D eigenvalue weighted by Gasteiger charge is -2.32. The SMILES string of the molecule is Cc1c(O)cccc1C(=O)N[C@@H](Cc1ccccc1)[C@H](O)C(=O)N1COC(C)(C)[C@H]1C(=O)NCC#N. The third-order valence-corrected chi connectivity index (χ3v) is 6.22. The first-order valence-corrected chi connectivity index (χ1v) is 11.5. The van der Waals surface area contributed by atoms with Crippen LogP contribution in [-0.4, -0.2) is 69.9 Å². The van der Waals surface area contributed by atoms with E-state index in [-0.39, 0.29) is 31.0 Å². The molecule has 0 saturated carbocycles. The number of hydrogen-bond acceptors (Lipinski definition) is 7. The lowest BCUT2D eigenvalue weighted by atomic mass is 9.95. The number of carbonyl (C=O) groups excluding carboxylic acids is 3. The molecular formula is C26H30N4O6. The van der Waals surface area contributed by atoms with Gasteiger partial charge in [-0.1, -0.05) is 36.4 Å². The van der Waals surface area contributed by atoms with E-state index in [4.69, 9.17) is 10.00 Å². The van der Waals surface area contributed by atoms with Gasteiger partial charge in [-0.3, -0.25) is 14.4 Å². The summed E-state index contributed by atoms with van der Waals surface area (Å²) in [5.74, 6) is -2.01. The molecule has 0 spiro atoms. The van der Waals surface area contributed by atoms with Crippen LogP contribution in [0.25, 0.3) is 0 Å². The molecule has 1 aliphatic heterocycles. The van der Waals surface area contributed by atoms with Gasteiger partial charge < -0.3 is 30.5 Å². The molecule has 1 heterocycles. The predicted molar refractivity (Wildman–Crippen MR) is 130 cm³/mol. The Labute approximate surface area is 209 Å². The van der Waals surface area contributed by atoms with Crippen molar-refractivity contribution in [1.82, 2.24) is 15.5 Å². The molecule has 3 atom stereocenters. The maximum Gasteiger partial charge on any atom is 0.256 e. The second kappa shape index (κ2) is 11.2. The number of aliphatic hydroxyl groups is 1. The minimum atomic E-state index is -1.71. The van der Waals surface area contributed by atoms with Gasteiger partial charge in [-0.2, -0.15) is 5.26 Å². The molecule has 0 radical (unpaired) electrons. The van der Waals surface area contributed by atoms with Gasteiger partial charge in [-0.05, 0) is 44.9 Å². The second-order valence-electron chi connectivity index (χ2n) is 9.13. The number of rotatable bonds is 8. The number of nitrogens with one attached hydrogen (secondary N) is 2. The Morgan fingerprint density at radius 3 is 2.56 bits per heavy atom. The summed E-state index contributed by atoms with van der Waals surface area (Å²) in [5, 5.41) is 35.1. The van der Waals surface area contributed by atoms with Crippen LogP contribution >= 0.6 is 0 Å². The average molecular weight is 495 g/mol. The average Bonchev–Trinajstić information content (AvgIpc) is 3.18. The number of hydrogen-bond donors (Lipinski definition) is 4. The second-order valence-corrected chi connectivity index (χ2v) is 9.13. The number of phenolic OH excluding ortho intramolecular Hbond substituents is 1. The van der Waals surface area contributed by atoms with Crippen LogP contribution in [0.1, 0.15) is 35.3 Å². The lowest BCUT2D eigenvalue weighted by molar-refractivity contribution is -0.147. The van der Waals surface area contributed by atoms with Gasteiger partial charge in [0.1, 0.15) is 25.1 Å². The van der Waals surface area contributed by atoms with E-state index < -0.39 is 41.5 Å². The van der Waals surface area contributed by atoms with Gasteiger partial charge in [0.2, 0.25) is 5.91 Å². The molecule has 3 rings (SSSR count). The Hall–Kier alpha value is -3.94. The molecule has 2 aromatic rings. The highest BCUT2D eigenvalue weighted by Gasteiger charge is 2.50. The quantitative estimate of drug-likeness (QED) is 0.400. The summed E-state index contributed by atoms with van der Waals surface area (Å²) in [5.41, 5.74) is 0.264. The van der Waals surface area contributed by atoms with Crippen LogP contribution in [0, 0.1) is 18.3 Å². The third-order valence-electron chi connectivity index (χ3n) is 6.22. The summed E-state index contributed by atoms with van der Waals surface area (Å²) < 4.78 is 5.65. The summed E-state index contributed by atoms with van der Waals surface area (Å²) in [7, 11) is 0. The van der Waals surface area contributed by atoms with Crippen molar-refractivity contribution in [1.29, 1.82) is 5.26 Å². The number of phenols is 1. The summed E-state index contributed by atoms with van der Waals surface area (Å²) in [6, 6.07) is 13.2. The Morgan fingerprint density at radius 2 is 1.89 bits per heavy atom. The van der Waals surface area contributed by atoms with Crippen LogP contribution in [0.15, 0.2) is 48.5 Å². The minimum Gasteiger partial charge on any atom is -0.508 e. The molecule has 0 aliphatic carbocycles. The van der Waals surface area contributed by atoms with E-state index in [1.165, 1.54) is 18.2 Å². The highest BCUT2D eigenvalue weighted by Crippen LogP contribution is 2.29. The van der Waals surface area contributed by atoms with Crippen molar-refractivity contribution in [2.75, 3.05) is 13.3 Å². The zero-order valence-corrected chi connectivity index (χ0v) is 20.4. The van der Waals surface area contributed by atoms with Crippen molar-refractivity contribution in [3.05, 3.63) is 65.2 Å². The normalized spacial score (nSPS) is 18.1. The number of benzene rings is 2. The number of aliphatic hydroxyl groups excluding tert-OH is 1. The molecular weight excluding hydrogens is 464 g/mol. The highest BCUT2D eigenvalue weighted by molar-refractivity contribution is 5.97. The van der Waals surface area contributed by atoms with Crippen molar-refractivity contribution in [3.8, 4) is 11.8 Å². The Kier molecular flexibility index (Phi) is 8.29. The lowest BCUT2D eigenvalue weighted by Crippen LogP contribution is -2.59. The molecule has 190 valence electrons. The summed E-state index contributed by atoms with van der Waals surface area (Å²) in [6.07, 6.45) is -1.59. The fourth-order valence-electron chi connectivity index (χ4n) is 4.20. The van der Waals surface area contributed by atoms with Gasteiger partial charge in [-0.15, -0.1) is 0 Å². The van der Waals surface area contributed by atoms with Crippen molar-refractivity contribution < 1.29 is 29.3 Å². The maximum absolute atomic E-state index is 13.5. The molecule has 10 heteroatoms. The number of amides is 3. The van der Waals surface area contributed by atoms with Gasteiger partial charge in [-0.25, -0.2) is 0 Å². The fourth-order valence-corrected chi connectivity index (χ4v) is 4.20. The maximum atomic E-state index is 13.5. The standard InChI is InChI=1S/C26H30N4O6/c1-16-18(10-7-11-20(16)31)23(33)29-19(14-17-8-5-4-6-9-17)21(32)25(35)30-15-36-26(2,3)22(30)24(34)28-13-12-27/h4-11,19,21-22,31-32H,13-15H2,1-3H3,(H,28,34)(H,29,33)/t19-,21-,22+/m0/s1. The Bertz CT molecular complexity index is 1160. The monoisotopic (exact) mass is 494 g/mol. The Balaban J connectivity index is 1.88. The predicted octanol–water partition coefficient (Wildman–Crippen LogP) is 1.01. The van der Waals surface area contributed by atoms with Gasteiger partial charge in [0, 0.05) is 11.1 Å². The van der Waals surface area contributed by atoms with Crippen molar-refractivity contribution in [2.45, 2.75) is 51.0 Å². The molecule has 0 bridgehead atoms. The van der Waals surface area contributed by atoms with Crippen molar-refractivity contribution in [2.24, 2.45) is 0 Å². The van der Waals surface area contributed by atoms with E-state index in [9.17, 15) is 24.6 Å². The molecule has 0 aromatic heterocycles. The first kappa shape index (κ1) is 26.7. The zero-order chi connectivity index (χ0) is 26.5. The van der Waals surface area contributed by atoms with Crippen LogP contribution in [-0.2, 0) is 20.7 Å². The van der Waals surface area contributed by atoms with Crippen LogP contribution < -0.4 is 10.6 Å². The number of nitrogens with zero attached hydrogens (tertiary/aromatic N) is 2. The molecule has 2 aromatic carbocycles. The largest absolute Gasteiger partial charge is 0.508 e. The third kappa shape index (κ3) is 5.82. The highest BCUT2D eigenvalue weighted by atomic mass is 16.5. The van der Waals surface area contributed by atoms with E-state index in [0.717, 1.165) is 10.5 Å². The van der Waals surface area contributed by atoms with Gasteiger partial charge in [0.05, 0.1) is 17.7 Å². The Morgan fingerprint density at radius 1 is 1.19 bits per heavy atom.